The molecule has 11 heteroatoms. The number of rotatable bonds is 5. The maximum Gasteiger partial charge on any atom is 0.419 e. The molecule has 0 saturated carbocycles. The maximum absolute atomic E-state index is 11.9. The highest BCUT2D eigenvalue weighted by molar-refractivity contribution is 5.94. The van der Waals surface area contributed by atoms with E-state index in [1.54, 1.807) is 19.3 Å². The van der Waals surface area contributed by atoms with Crippen LogP contribution in [0, 0.1) is 6.92 Å². The van der Waals surface area contributed by atoms with E-state index >= 15 is 0 Å². The summed E-state index contributed by atoms with van der Waals surface area (Å²) in [6.07, 6.45) is 1.73. The molecule has 2 aromatic carbocycles. The predicted octanol–water partition coefficient (Wildman–Crippen LogP) is 1.20. The van der Waals surface area contributed by atoms with Gasteiger partial charge in [-0.15, -0.1) is 0 Å². The summed E-state index contributed by atoms with van der Waals surface area (Å²) in [4.78, 5) is 27.5. The van der Waals surface area contributed by atoms with Crippen LogP contribution in [0.2, 0.25) is 0 Å². The highest BCUT2D eigenvalue weighted by Crippen LogP contribution is 2.31. The van der Waals surface area contributed by atoms with Crippen molar-refractivity contribution < 1.29 is 19.1 Å². The van der Waals surface area contributed by atoms with Gasteiger partial charge in [-0.25, -0.2) is 9.59 Å². The second-order valence-corrected chi connectivity index (χ2v) is 9.38. The maximum atomic E-state index is 11.9. The van der Waals surface area contributed by atoms with Crippen LogP contribution in [0.5, 0.6) is 0 Å². The standard InChI is InChI=1S/C25H26N6O5/c1-14-18(4-5-19-20(14)13-35-24(19)33)21-11-30(10-16(12-32)27-21)9-15-8-26-31(28-15)17-3-6-23-22(7-17)29(2)25(34)36-23/h3-8,16,21,27,32H,9-13H2,1-2H3/t16-,21+/m1/s1. The second kappa shape index (κ2) is 8.70. The van der Waals surface area contributed by atoms with Crippen molar-refractivity contribution in [2.24, 2.45) is 7.05 Å². The number of cyclic esters (lactones) is 1. The van der Waals surface area contributed by atoms with Gasteiger partial charge in [0.25, 0.3) is 0 Å². The molecule has 1 fully saturated rings. The molecule has 4 heterocycles. The van der Waals surface area contributed by atoms with Gasteiger partial charge in [-0.3, -0.25) is 9.47 Å². The van der Waals surface area contributed by atoms with Crippen LogP contribution in [0.15, 0.2) is 45.7 Å². The Morgan fingerprint density at radius 3 is 2.89 bits per heavy atom. The molecule has 0 unspecified atom stereocenters. The van der Waals surface area contributed by atoms with Gasteiger partial charge in [-0.2, -0.15) is 15.0 Å². The molecule has 36 heavy (non-hydrogen) atoms. The van der Waals surface area contributed by atoms with Gasteiger partial charge < -0.3 is 19.6 Å². The van der Waals surface area contributed by atoms with E-state index < -0.39 is 5.76 Å². The lowest BCUT2D eigenvalue weighted by Gasteiger charge is -2.39. The van der Waals surface area contributed by atoms with Gasteiger partial charge in [0, 0.05) is 44.3 Å². The third kappa shape index (κ3) is 3.81. The van der Waals surface area contributed by atoms with Crippen LogP contribution >= 0.6 is 0 Å². The average molecular weight is 491 g/mol. The highest BCUT2D eigenvalue weighted by Gasteiger charge is 2.31. The summed E-state index contributed by atoms with van der Waals surface area (Å²) in [5.41, 5.74) is 6.41. The Labute approximate surface area is 205 Å². The van der Waals surface area contributed by atoms with Gasteiger partial charge in [0.1, 0.15) is 6.61 Å². The van der Waals surface area contributed by atoms with Crippen LogP contribution in [0.25, 0.3) is 16.8 Å². The number of benzene rings is 2. The smallest absolute Gasteiger partial charge is 0.419 e. The Balaban J connectivity index is 1.23. The van der Waals surface area contributed by atoms with Gasteiger partial charge in [0.15, 0.2) is 5.58 Å². The summed E-state index contributed by atoms with van der Waals surface area (Å²) >= 11 is 0. The van der Waals surface area contributed by atoms with Crippen molar-refractivity contribution in [3.8, 4) is 5.69 Å². The summed E-state index contributed by atoms with van der Waals surface area (Å²) in [6, 6.07) is 9.05. The molecule has 2 aliphatic heterocycles. The Kier molecular flexibility index (Phi) is 5.47. The molecular formula is C25H26N6O5. The second-order valence-electron chi connectivity index (χ2n) is 9.38. The Bertz CT molecular complexity index is 1540. The fraction of sp³-hybridized carbons (Fsp3) is 0.360. The molecule has 2 atom stereocenters. The molecule has 0 aliphatic carbocycles. The lowest BCUT2D eigenvalue weighted by molar-refractivity contribution is 0.0535. The van der Waals surface area contributed by atoms with Gasteiger partial charge in [-0.05, 0) is 42.3 Å². The molecule has 0 spiro atoms. The number of hydrogen-bond acceptors (Lipinski definition) is 9. The predicted molar refractivity (Wildman–Crippen MR) is 129 cm³/mol. The number of oxazole rings is 1. The summed E-state index contributed by atoms with van der Waals surface area (Å²) in [5.74, 6) is -0.691. The molecule has 4 aromatic rings. The summed E-state index contributed by atoms with van der Waals surface area (Å²) in [7, 11) is 1.66. The number of aliphatic hydroxyl groups excluding tert-OH is 1. The Morgan fingerprint density at radius 2 is 2.06 bits per heavy atom. The molecule has 6 rings (SSSR count). The fourth-order valence-corrected chi connectivity index (χ4v) is 5.17. The third-order valence-corrected chi connectivity index (χ3v) is 7.09. The minimum absolute atomic E-state index is 0.00864. The minimum Gasteiger partial charge on any atom is -0.457 e. The molecule has 2 N–H and O–H groups in total. The number of piperazine rings is 1. The molecular weight excluding hydrogens is 464 g/mol. The van der Waals surface area contributed by atoms with Crippen molar-refractivity contribution in [1.29, 1.82) is 0 Å². The van der Waals surface area contributed by atoms with E-state index in [4.69, 9.17) is 9.15 Å². The van der Waals surface area contributed by atoms with E-state index in [0.717, 1.165) is 28.1 Å². The number of ether oxygens (including phenoxy) is 1. The average Bonchev–Trinajstić information content (AvgIpc) is 3.57. The SMILES string of the molecule is Cc1c([C@@H]2CN(Cc3cnn(-c4ccc5oc(=O)n(C)c5c4)n3)C[C@H](CO)N2)ccc2c1COC2=O. The minimum atomic E-state index is -0.416. The van der Waals surface area contributed by atoms with E-state index in [1.165, 1.54) is 9.36 Å². The van der Waals surface area contributed by atoms with E-state index in [9.17, 15) is 14.7 Å². The zero-order chi connectivity index (χ0) is 25.0. The Hall–Kier alpha value is -3.80. The lowest BCUT2D eigenvalue weighted by atomic mass is 9.92. The summed E-state index contributed by atoms with van der Waals surface area (Å²) in [6.45, 7) is 4.26. The first-order valence-corrected chi connectivity index (χ1v) is 11.8. The molecule has 186 valence electrons. The first kappa shape index (κ1) is 22.7. The lowest BCUT2D eigenvalue weighted by Crippen LogP contribution is -2.53. The number of carbonyl (C=O) groups excluding carboxylic acids is 1. The van der Waals surface area contributed by atoms with Crippen molar-refractivity contribution in [3.63, 3.8) is 0 Å². The number of hydrogen-bond donors (Lipinski definition) is 2. The van der Waals surface area contributed by atoms with Crippen molar-refractivity contribution in [2.75, 3.05) is 19.7 Å². The van der Waals surface area contributed by atoms with Crippen LogP contribution in [-0.4, -0.2) is 61.3 Å². The number of carbonyl (C=O) groups is 1. The zero-order valence-corrected chi connectivity index (χ0v) is 20.0. The number of aryl methyl sites for hydroxylation is 1. The van der Waals surface area contributed by atoms with E-state index in [2.05, 4.69) is 20.4 Å². The first-order chi connectivity index (χ1) is 17.4. The molecule has 0 radical (unpaired) electrons. The summed E-state index contributed by atoms with van der Waals surface area (Å²) < 4.78 is 11.9. The molecule has 0 bridgehead atoms. The monoisotopic (exact) mass is 490 g/mol. The largest absolute Gasteiger partial charge is 0.457 e. The molecule has 2 aliphatic rings. The number of aromatic nitrogens is 4. The van der Waals surface area contributed by atoms with Crippen LogP contribution in [0.1, 0.15) is 38.8 Å². The number of esters is 1. The number of fused-ring (bicyclic) bond motifs is 2. The summed E-state index contributed by atoms with van der Waals surface area (Å²) in [5, 5.41) is 22.6. The number of nitrogens with one attached hydrogen (secondary N) is 1. The van der Waals surface area contributed by atoms with Crippen LogP contribution < -0.4 is 11.1 Å². The fourth-order valence-electron chi connectivity index (χ4n) is 5.17. The van der Waals surface area contributed by atoms with E-state index in [1.807, 2.05) is 31.2 Å². The van der Waals surface area contributed by atoms with Crippen LogP contribution in [0.3, 0.4) is 0 Å². The van der Waals surface area contributed by atoms with Gasteiger partial charge in [-0.1, -0.05) is 6.07 Å². The van der Waals surface area contributed by atoms with Gasteiger partial charge >= 0.3 is 11.7 Å². The first-order valence-electron chi connectivity index (χ1n) is 11.8. The van der Waals surface area contributed by atoms with Crippen LogP contribution in [-0.2, 0) is 24.9 Å². The topological polar surface area (TPSA) is 128 Å². The highest BCUT2D eigenvalue weighted by atomic mass is 16.5. The van der Waals surface area contributed by atoms with E-state index in [-0.39, 0.29) is 24.7 Å². The number of nitrogens with zero attached hydrogens (tertiary/aromatic N) is 5. The van der Waals surface area contributed by atoms with Crippen molar-refractivity contribution in [3.05, 3.63) is 75.0 Å². The molecule has 1 saturated heterocycles. The normalized spacial score (nSPS) is 20.1. The van der Waals surface area contributed by atoms with Crippen molar-refractivity contribution >= 4 is 17.1 Å². The van der Waals surface area contributed by atoms with Gasteiger partial charge in [0.05, 0.1) is 35.3 Å². The molecule has 11 nitrogen and oxygen atoms in total. The molecule has 2 aromatic heterocycles. The van der Waals surface area contributed by atoms with Crippen LogP contribution in [0.4, 0.5) is 0 Å². The Morgan fingerprint density at radius 1 is 1.19 bits per heavy atom. The van der Waals surface area contributed by atoms with Crippen molar-refractivity contribution in [1.82, 2.24) is 29.8 Å². The number of aliphatic hydroxyl groups is 1. The molecule has 0 amide bonds. The van der Waals surface area contributed by atoms with E-state index in [0.29, 0.717) is 42.9 Å². The quantitative estimate of drug-likeness (QED) is 0.397. The van der Waals surface area contributed by atoms with Gasteiger partial charge in [0.2, 0.25) is 0 Å². The van der Waals surface area contributed by atoms with Crippen molar-refractivity contribution in [2.45, 2.75) is 32.2 Å². The zero-order valence-electron chi connectivity index (χ0n) is 20.0. The third-order valence-electron chi connectivity index (χ3n) is 7.09.